The van der Waals surface area contributed by atoms with Crippen molar-refractivity contribution in [3.8, 4) is 5.69 Å². The molecule has 29 heavy (non-hydrogen) atoms. The molecule has 1 aromatic carbocycles. The van der Waals surface area contributed by atoms with Crippen molar-refractivity contribution in [1.82, 2.24) is 25.3 Å². The summed E-state index contributed by atoms with van der Waals surface area (Å²) in [6, 6.07) is 10.1. The smallest absolute Gasteiger partial charge is 0.230 e. The molecule has 1 aliphatic rings. The minimum atomic E-state index is -0.314. The van der Waals surface area contributed by atoms with Crippen LogP contribution in [-0.2, 0) is 11.3 Å². The summed E-state index contributed by atoms with van der Waals surface area (Å²) in [6.45, 7) is 4.02. The van der Waals surface area contributed by atoms with Crippen molar-refractivity contribution in [2.75, 3.05) is 27.2 Å². The van der Waals surface area contributed by atoms with Gasteiger partial charge in [0.05, 0.1) is 17.6 Å². The van der Waals surface area contributed by atoms with Crippen molar-refractivity contribution < 1.29 is 4.79 Å². The lowest BCUT2D eigenvalue weighted by Gasteiger charge is -2.31. The predicted molar refractivity (Wildman–Crippen MR) is 116 cm³/mol. The molecule has 1 amide bonds. The van der Waals surface area contributed by atoms with E-state index < -0.39 is 0 Å². The van der Waals surface area contributed by atoms with Crippen LogP contribution >= 0.6 is 0 Å². The Kier molecular flexibility index (Phi) is 6.90. The number of amides is 1. The Morgan fingerprint density at radius 3 is 2.52 bits per heavy atom. The number of nitrogens with zero attached hydrogens (tertiary/aromatic N) is 4. The maximum absolute atomic E-state index is 12.8. The number of hydrogen-bond donors (Lipinski definition) is 2. The first-order chi connectivity index (χ1) is 14.0. The molecule has 0 bridgehead atoms. The third-order valence-corrected chi connectivity index (χ3v) is 5.48. The average Bonchev–Trinajstić information content (AvgIpc) is 3.43. The van der Waals surface area contributed by atoms with E-state index in [0.29, 0.717) is 13.1 Å². The molecule has 0 radical (unpaired) electrons. The molecule has 1 saturated carbocycles. The van der Waals surface area contributed by atoms with Gasteiger partial charge in [-0.25, -0.2) is 9.67 Å². The Hall–Kier alpha value is -2.83. The first-order valence-corrected chi connectivity index (χ1v) is 10.4. The van der Waals surface area contributed by atoms with E-state index in [9.17, 15) is 4.79 Å². The highest BCUT2D eigenvalue weighted by Crippen LogP contribution is 2.38. The van der Waals surface area contributed by atoms with E-state index in [4.69, 9.17) is 4.99 Å². The fraction of sp³-hybridized carbons (Fsp3) is 0.500. The van der Waals surface area contributed by atoms with Gasteiger partial charge in [0.2, 0.25) is 5.91 Å². The molecule has 0 spiro atoms. The van der Waals surface area contributed by atoms with Crippen LogP contribution in [0.25, 0.3) is 5.69 Å². The van der Waals surface area contributed by atoms with E-state index >= 15 is 0 Å². The Morgan fingerprint density at radius 2 is 1.93 bits per heavy atom. The highest BCUT2D eigenvalue weighted by molar-refractivity contribution is 5.85. The number of carbonyl (C=O) groups excluding carboxylic acids is 1. The van der Waals surface area contributed by atoms with Gasteiger partial charge < -0.3 is 15.5 Å². The van der Waals surface area contributed by atoms with Gasteiger partial charge >= 0.3 is 0 Å². The van der Waals surface area contributed by atoms with Crippen LogP contribution in [-0.4, -0.2) is 53.7 Å². The number of hydrogen-bond acceptors (Lipinski definition) is 3. The summed E-state index contributed by atoms with van der Waals surface area (Å²) in [5, 5.41) is 11.0. The standard InChI is InChI=1S/C22H32N6O/c1-4-23-21(25-17-22(12-5-6-13-22)20(29)27(2)3)24-16-18-8-10-19(11-9-18)28-15-7-14-26-28/h7-11,14-15H,4-6,12-13,16-17H2,1-3H3,(H2,23,24,25). The number of aliphatic imine (C=N–C) groups is 1. The van der Waals surface area contributed by atoms with Crippen molar-refractivity contribution in [2.45, 2.75) is 39.2 Å². The summed E-state index contributed by atoms with van der Waals surface area (Å²) >= 11 is 0. The van der Waals surface area contributed by atoms with Gasteiger partial charge in [0.1, 0.15) is 0 Å². The lowest BCUT2D eigenvalue weighted by Crippen LogP contribution is -2.49. The van der Waals surface area contributed by atoms with Crippen LogP contribution < -0.4 is 10.6 Å². The summed E-state index contributed by atoms with van der Waals surface area (Å²) in [5.74, 6) is 0.967. The molecule has 1 aliphatic carbocycles. The van der Waals surface area contributed by atoms with E-state index in [-0.39, 0.29) is 11.3 Å². The second kappa shape index (κ2) is 9.58. The molecular formula is C22H32N6O. The van der Waals surface area contributed by atoms with Crippen molar-refractivity contribution in [2.24, 2.45) is 10.4 Å². The quantitative estimate of drug-likeness (QED) is 0.557. The van der Waals surface area contributed by atoms with Crippen molar-refractivity contribution in [3.63, 3.8) is 0 Å². The van der Waals surface area contributed by atoms with Crippen LogP contribution in [0.5, 0.6) is 0 Å². The summed E-state index contributed by atoms with van der Waals surface area (Å²) in [6.07, 6.45) is 7.78. The minimum Gasteiger partial charge on any atom is -0.357 e. The fourth-order valence-electron chi connectivity index (χ4n) is 3.93. The topological polar surface area (TPSA) is 74.5 Å². The van der Waals surface area contributed by atoms with Gasteiger partial charge in [-0.15, -0.1) is 0 Å². The predicted octanol–water partition coefficient (Wildman–Crippen LogP) is 2.58. The van der Waals surface area contributed by atoms with Gasteiger partial charge in [-0.05, 0) is 43.5 Å². The van der Waals surface area contributed by atoms with Crippen molar-refractivity contribution >= 4 is 11.9 Å². The Balaban J connectivity index is 1.64. The number of nitrogens with one attached hydrogen (secondary N) is 2. The van der Waals surface area contributed by atoms with Gasteiger partial charge in [0.25, 0.3) is 0 Å². The van der Waals surface area contributed by atoms with E-state index in [1.54, 1.807) is 11.1 Å². The Bertz CT molecular complexity index is 804. The molecule has 0 unspecified atom stereocenters. The SMILES string of the molecule is CCNC(=NCc1ccc(-n2cccn2)cc1)NCC1(C(=O)N(C)C)CCCC1. The third-order valence-electron chi connectivity index (χ3n) is 5.48. The summed E-state index contributed by atoms with van der Waals surface area (Å²) in [4.78, 5) is 19.2. The lowest BCUT2D eigenvalue weighted by molar-refractivity contribution is -0.138. The molecule has 0 aliphatic heterocycles. The molecule has 2 N–H and O–H groups in total. The van der Waals surface area contributed by atoms with Gasteiger partial charge in [0, 0.05) is 39.6 Å². The molecule has 1 heterocycles. The second-order valence-corrected chi connectivity index (χ2v) is 7.85. The summed E-state index contributed by atoms with van der Waals surface area (Å²) in [5.41, 5.74) is 1.83. The maximum atomic E-state index is 12.8. The normalized spacial score (nSPS) is 15.9. The van der Waals surface area contributed by atoms with Crippen LogP contribution in [0.15, 0.2) is 47.7 Å². The molecule has 0 atom stereocenters. The first kappa shape index (κ1) is 20.9. The second-order valence-electron chi connectivity index (χ2n) is 7.85. The van der Waals surface area contributed by atoms with Crippen molar-refractivity contribution in [1.29, 1.82) is 0 Å². The molecule has 7 nitrogen and oxygen atoms in total. The zero-order valence-electron chi connectivity index (χ0n) is 17.7. The largest absolute Gasteiger partial charge is 0.357 e. The van der Waals surface area contributed by atoms with E-state index in [0.717, 1.165) is 49.4 Å². The van der Waals surface area contributed by atoms with Gasteiger partial charge in [0.15, 0.2) is 5.96 Å². The minimum absolute atomic E-state index is 0.215. The highest BCUT2D eigenvalue weighted by Gasteiger charge is 2.42. The summed E-state index contributed by atoms with van der Waals surface area (Å²) in [7, 11) is 3.68. The van der Waals surface area contributed by atoms with Crippen LogP contribution in [0, 0.1) is 5.41 Å². The number of aromatic nitrogens is 2. The van der Waals surface area contributed by atoms with Crippen LogP contribution in [0.4, 0.5) is 0 Å². The van der Waals surface area contributed by atoms with Crippen LogP contribution in [0.3, 0.4) is 0 Å². The average molecular weight is 397 g/mol. The van der Waals surface area contributed by atoms with E-state index in [1.165, 1.54) is 0 Å². The molecular weight excluding hydrogens is 364 g/mol. The molecule has 1 fully saturated rings. The van der Waals surface area contributed by atoms with Crippen LogP contribution in [0.2, 0.25) is 0 Å². The lowest BCUT2D eigenvalue weighted by atomic mass is 9.84. The van der Waals surface area contributed by atoms with Crippen molar-refractivity contribution in [3.05, 3.63) is 48.3 Å². The number of rotatable bonds is 7. The summed E-state index contributed by atoms with van der Waals surface area (Å²) < 4.78 is 1.83. The van der Waals surface area contributed by atoms with E-state index in [1.807, 2.05) is 50.1 Å². The first-order valence-electron chi connectivity index (χ1n) is 10.4. The monoisotopic (exact) mass is 396 g/mol. The molecule has 7 heteroatoms. The molecule has 156 valence electrons. The molecule has 0 saturated heterocycles. The maximum Gasteiger partial charge on any atom is 0.230 e. The molecule has 2 aromatic rings. The van der Waals surface area contributed by atoms with Gasteiger partial charge in [-0.2, -0.15) is 5.10 Å². The fourth-order valence-corrected chi connectivity index (χ4v) is 3.93. The molecule has 1 aromatic heterocycles. The number of guanidine groups is 1. The van der Waals surface area contributed by atoms with E-state index in [2.05, 4.69) is 27.9 Å². The third kappa shape index (κ3) is 5.16. The van der Waals surface area contributed by atoms with Gasteiger partial charge in [-0.1, -0.05) is 25.0 Å². The highest BCUT2D eigenvalue weighted by atomic mass is 16.2. The van der Waals surface area contributed by atoms with Gasteiger partial charge in [-0.3, -0.25) is 4.79 Å². The van der Waals surface area contributed by atoms with Crippen LogP contribution in [0.1, 0.15) is 38.2 Å². The zero-order valence-corrected chi connectivity index (χ0v) is 17.7. The number of carbonyl (C=O) groups is 1. The Labute approximate surface area is 173 Å². The zero-order chi connectivity index (χ0) is 20.7. The number of benzene rings is 1. The Morgan fingerprint density at radius 1 is 1.21 bits per heavy atom. The molecule has 3 rings (SSSR count).